The molecule has 1 aromatic heterocycles. The van der Waals surface area contributed by atoms with Crippen LogP contribution in [-0.4, -0.2) is 54.6 Å². The summed E-state index contributed by atoms with van der Waals surface area (Å²) in [6, 6.07) is 9.06. The fraction of sp³-hybridized carbons (Fsp3) is 0.609. The van der Waals surface area contributed by atoms with E-state index in [9.17, 15) is 0 Å². The molecule has 3 rings (SSSR count). The van der Waals surface area contributed by atoms with Crippen molar-refractivity contribution in [2.24, 2.45) is 10.9 Å². The Morgan fingerprint density at radius 3 is 2.72 bits per heavy atom. The molecule has 0 spiro atoms. The second-order valence-electron chi connectivity index (χ2n) is 8.34. The zero-order valence-electron chi connectivity index (χ0n) is 18.2. The molecule has 162 valence electrons. The highest BCUT2D eigenvalue weighted by atomic mass is 127. The zero-order valence-corrected chi connectivity index (χ0v) is 20.5. The Labute approximate surface area is 193 Å². The predicted octanol–water partition coefficient (Wildman–Crippen LogP) is 4.39. The molecule has 1 aliphatic heterocycles. The van der Waals surface area contributed by atoms with Crippen molar-refractivity contribution in [1.29, 1.82) is 0 Å². The smallest absolute Gasteiger partial charge is 0.191 e. The van der Waals surface area contributed by atoms with Crippen LogP contribution in [0.1, 0.15) is 45.6 Å². The number of para-hydroxylation sites is 1. The van der Waals surface area contributed by atoms with E-state index in [-0.39, 0.29) is 24.0 Å². The lowest BCUT2D eigenvalue weighted by atomic mass is 10.0. The minimum atomic E-state index is 0. The lowest BCUT2D eigenvalue weighted by Crippen LogP contribution is -2.49. The van der Waals surface area contributed by atoms with Gasteiger partial charge in [0.15, 0.2) is 5.96 Å². The van der Waals surface area contributed by atoms with Crippen LogP contribution in [0.5, 0.6) is 0 Å². The van der Waals surface area contributed by atoms with Gasteiger partial charge in [0, 0.05) is 55.9 Å². The first-order valence-electron chi connectivity index (χ1n) is 11.0. The Morgan fingerprint density at radius 1 is 1.24 bits per heavy atom. The molecule has 1 aliphatic rings. The molecule has 0 bridgehead atoms. The number of nitrogens with one attached hydrogen (secondary N) is 3. The topological polar surface area (TPSA) is 55.5 Å². The number of aliphatic imine (C=N–C) groups is 1. The van der Waals surface area contributed by atoms with E-state index in [1.165, 1.54) is 48.9 Å². The number of halogens is 1. The molecular formula is C23H38IN5. The molecule has 3 N–H and O–H groups in total. The Kier molecular flexibility index (Phi) is 10.3. The SMILES string of the molecule is CCNC(=NCCCc1c[nH]c2ccccc12)NC1CCN(CC(C)C)CC1.I. The molecule has 2 aromatic rings. The Bertz CT molecular complexity index is 747. The van der Waals surface area contributed by atoms with E-state index in [0.717, 1.165) is 37.8 Å². The molecule has 2 heterocycles. The van der Waals surface area contributed by atoms with Crippen molar-refractivity contribution in [1.82, 2.24) is 20.5 Å². The molecule has 0 saturated carbocycles. The van der Waals surface area contributed by atoms with E-state index in [4.69, 9.17) is 4.99 Å². The quantitative estimate of drug-likeness (QED) is 0.213. The summed E-state index contributed by atoms with van der Waals surface area (Å²) in [5, 5.41) is 8.41. The van der Waals surface area contributed by atoms with Gasteiger partial charge in [-0.2, -0.15) is 0 Å². The van der Waals surface area contributed by atoms with E-state index >= 15 is 0 Å². The van der Waals surface area contributed by atoms with Crippen LogP contribution < -0.4 is 10.6 Å². The third-order valence-electron chi connectivity index (χ3n) is 5.45. The summed E-state index contributed by atoms with van der Waals surface area (Å²) >= 11 is 0. The van der Waals surface area contributed by atoms with Gasteiger partial charge < -0.3 is 20.5 Å². The first-order chi connectivity index (χ1) is 13.7. The van der Waals surface area contributed by atoms with Crippen LogP contribution in [0.2, 0.25) is 0 Å². The Balaban J connectivity index is 0.00000300. The summed E-state index contributed by atoms with van der Waals surface area (Å²) in [5.41, 5.74) is 2.61. The molecule has 6 heteroatoms. The first-order valence-corrected chi connectivity index (χ1v) is 11.0. The summed E-state index contributed by atoms with van der Waals surface area (Å²) < 4.78 is 0. The standard InChI is InChI=1S/C23H37N5.HI/c1-4-24-23(27-20-11-14-28(15-12-20)17-18(2)3)25-13-7-8-19-16-26-22-10-6-5-9-21(19)22;/h5-6,9-10,16,18,20,26H,4,7-8,11-15,17H2,1-3H3,(H2,24,25,27);1H. The van der Waals surface area contributed by atoms with Gasteiger partial charge in [-0.05, 0) is 50.2 Å². The lowest BCUT2D eigenvalue weighted by molar-refractivity contribution is 0.187. The molecule has 0 aliphatic carbocycles. The summed E-state index contributed by atoms with van der Waals surface area (Å²) in [7, 11) is 0. The van der Waals surface area contributed by atoms with Crippen molar-refractivity contribution >= 4 is 40.8 Å². The van der Waals surface area contributed by atoms with Gasteiger partial charge in [-0.3, -0.25) is 4.99 Å². The Morgan fingerprint density at radius 2 is 2.00 bits per heavy atom. The molecule has 0 amide bonds. The lowest BCUT2D eigenvalue weighted by Gasteiger charge is -2.34. The van der Waals surface area contributed by atoms with E-state index in [0.29, 0.717) is 6.04 Å². The molecule has 29 heavy (non-hydrogen) atoms. The van der Waals surface area contributed by atoms with Crippen LogP contribution in [0.3, 0.4) is 0 Å². The maximum Gasteiger partial charge on any atom is 0.191 e. The zero-order chi connectivity index (χ0) is 19.8. The molecule has 5 nitrogen and oxygen atoms in total. The van der Waals surface area contributed by atoms with E-state index in [1.54, 1.807) is 0 Å². The van der Waals surface area contributed by atoms with Crippen LogP contribution in [0, 0.1) is 5.92 Å². The molecule has 0 atom stereocenters. The van der Waals surface area contributed by atoms with Gasteiger partial charge in [0.1, 0.15) is 0 Å². The van der Waals surface area contributed by atoms with Crippen molar-refractivity contribution in [2.45, 2.75) is 52.5 Å². The van der Waals surface area contributed by atoms with Gasteiger partial charge in [0.2, 0.25) is 0 Å². The number of benzene rings is 1. The van der Waals surface area contributed by atoms with Gasteiger partial charge in [-0.25, -0.2) is 0 Å². The third kappa shape index (κ3) is 7.48. The normalized spacial score (nSPS) is 16.2. The molecule has 1 fully saturated rings. The number of H-pyrrole nitrogens is 1. The number of nitrogens with zero attached hydrogens (tertiary/aromatic N) is 2. The molecular weight excluding hydrogens is 473 g/mol. The number of piperidine rings is 1. The van der Waals surface area contributed by atoms with E-state index in [1.807, 2.05) is 0 Å². The maximum atomic E-state index is 4.83. The van der Waals surface area contributed by atoms with E-state index in [2.05, 4.69) is 71.8 Å². The van der Waals surface area contributed by atoms with Gasteiger partial charge in [-0.1, -0.05) is 32.0 Å². The van der Waals surface area contributed by atoms with Crippen LogP contribution in [0.25, 0.3) is 10.9 Å². The average Bonchev–Trinajstić information content (AvgIpc) is 3.09. The average molecular weight is 511 g/mol. The van der Waals surface area contributed by atoms with Crippen molar-refractivity contribution in [3.8, 4) is 0 Å². The van der Waals surface area contributed by atoms with Gasteiger partial charge in [-0.15, -0.1) is 24.0 Å². The maximum absolute atomic E-state index is 4.83. The monoisotopic (exact) mass is 511 g/mol. The number of likely N-dealkylation sites (tertiary alicyclic amines) is 1. The predicted molar refractivity (Wildman–Crippen MR) is 135 cm³/mol. The number of aromatic amines is 1. The number of hydrogen-bond donors (Lipinski definition) is 3. The minimum Gasteiger partial charge on any atom is -0.361 e. The highest BCUT2D eigenvalue weighted by molar-refractivity contribution is 14.0. The molecule has 0 radical (unpaired) electrons. The van der Waals surface area contributed by atoms with Crippen LogP contribution in [0.15, 0.2) is 35.5 Å². The third-order valence-corrected chi connectivity index (χ3v) is 5.45. The summed E-state index contributed by atoms with van der Waals surface area (Å²) in [6.07, 6.45) is 6.66. The highest BCUT2D eigenvalue weighted by Gasteiger charge is 2.20. The molecule has 1 aromatic carbocycles. The summed E-state index contributed by atoms with van der Waals surface area (Å²) in [5.74, 6) is 1.73. The molecule has 1 saturated heterocycles. The van der Waals surface area contributed by atoms with Gasteiger partial charge >= 0.3 is 0 Å². The molecule has 0 unspecified atom stereocenters. The van der Waals surface area contributed by atoms with Crippen molar-refractivity contribution in [2.75, 3.05) is 32.7 Å². The van der Waals surface area contributed by atoms with Gasteiger partial charge in [0.25, 0.3) is 0 Å². The van der Waals surface area contributed by atoms with Crippen molar-refractivity contribution in [3.63, 3.8) is 0 Å². The number of aryl methyl sites for hydroxylation is 1. The van der Waals surface area contributed by atoms with Crippen molar-refractivity contribution in [3.05, 3.63) is 36.0 Å². The summed E-state index contributed by atoms with van der Waals surface area (Å²) in [6.45, 7) is 12.1. The number of fused-ring (bicyclic) bond motifs is 1. The van der Waals surface area contributed by atoms with E-state index < -0.39 is 0 Å². The second-order valence-corrected chi connectivity index (χ2v) is 8.34. The number of hydrogen-bond acceptors (Lipinski definition) is 2. The Hall–Kier alpha value is -1.28. The fourth-order valence-corrected chi connectivity index (χ4v) is 4.09. The summed E-state index contributed by atoms with van der Waals surface area (Å²) in [4.78, 5) is 10.8. The van der Waals surface area contributed by atoms with Crippen LogP contribution in [0.4, 0.5) is 0 Å². The number of guanidine groups is 1. The van der Waals surface area contributed by atoms with Crippen LogP contribution >= 0.6 is 24.0 Å². The van der Waals surface area contributed by atoms with Crippen LogP contribution in [-0.2, 0) is 6.42 Å². The fourth-order valence-electron chi connectivity index (χ4n) is 4.09. The second kappa shape index (κ2) is 12.4. The largest absolute Gasteiger partial charge is 0.361 e. The number of rotatable bonds is 8. The number of aromatic nitrogens is 1. The first kappa shape index (κ1) is 24.0. The minimum absolute atomic E-state index is 0. The van der Waals surface area contributed by atoms with Gasteiger partial charge in [0.05, 0.1) is 0 Å². The highest BCUT2D eigenvalue weighted by Crippen LogP contribution is 2.19. The van der Waals surface area contributed by atoms with Crippen molar-refractivity contribution < 1.29 is 0 Å².